The van der Waals surface area contributed by atoms with Gasteiger partial charge in [-0.2, -0.15) is 0 Å². The van der Waals surface area contributed by atoms with Crippen LogP contribution in [0.2, 0.25) is 0 Å². The first-order valence-corrected chi connectivity index (χ1v) is 6.10. The summed E-state index contributed by atoms with van der Waals surface area (Å²) in [7, 11) is 0. The lowest BCUT2D eigenvalue weighted by molar-refractivity contribution is 0.415. The van der Waals surface area contributed by atoms with Crippen molar-refractivity contribution < 1.29 is 0 Å². The molecule has 0 fully saturated rings. The van der Waals surface area contributed by atoms with E-state index in [1.807, 2.05) is 0 Å². The molecule has 0 aliphatic carbocycles. The van der Waals surface area contributed by atoms with Crippen LogP contribution in [-0.2, 0) is 0 Å². The van der Waals surface area contributed by atoms with Crippen LogP contribution in [0.4, 0.5) is 0 Å². The molecular weight excluding hydrogens is 168 g/mol. The summed E-state index contributed by atoms with van der Waals surface area (Å²) in [5.41, 5.74) is 0. The Bertz CT molecular complexity index is 135. The lowest BCUT2D eigenvalue weighted by Crippen LogP contribution is -2.03. The summed E-state index contributed by atoms with van der Waals surface area (Å²) in [6, 6.07) is 0. The predicted molar refractivity (Wildman–Crippen MR) is 66.4 cm³/mol. The molecule has 0 unspecified atom stereocenters. The van der Waals surface area contributed by atoms with Gasteiger partial charge in [0, 0.05) is 0 Å². The second-order valence-corrected chi connectivity index (χ2v) is 5.39. The molecule has 0 saturated carbocycles. The van der Waals surface area contributed by atoms with Crippen LogP contribution in [0.3, 0.4) is 0 Å². The van der Waals surface area contributed by atoms with Crippen LogP contribution in [0, 0.1) is 23.7 Å². The average molecular weight is 196 g/mol. The minimum Gasteiger partial charge on any atom is -0.0883 e. The molecule has 0 N–H and O–H groups in total. The Hall–Kier alpha value is -0.260. The van der Waals surface area contributed by atoms with Gasteiger partial charge in [0.25, 0.3) is 0 Å². The fraction of sp³-hybridized carbons (Fsp3) is 0.857. The Morgan fingerprint density at radius 2 is 0.929 bits per heavy atom. The van der Waals surface area contributed by atoms with Crippen molar-refractivity contribution in [1.82, 2.24) is 0 Å². The first kappa shape index (κ1) is 13.7. The lowest BCUT2D eigenvalue weighted by Gasteiger charge is -2.14. The predicted octanol–water partition coefficient (Wildman–Crippen LogP) is 4.91. The lowest BCUT2D eigenvalue weighted by atomic mass is 9.92. The van der Waals surface area contributed by atoms with Gasteiger partial charge < -0.3 is 0 Å². The molecule has 0 aliphatic rings. The molecule has 0 nitrogen and oxygen atoms in total. The molecule has 0 amide bonds. The van der Waals surface area contributed by atoms with Gasteiger partial charge >= 0.3 is 0 Å². The van der Waals surface area contributed by atoms with Crippen LogP contribution in [-0.4, -0.2) is 0 Å². The largest absolute Gasteiger partial charge is 0.0883 e. The molecule has 14 heavy (non-hydrogen) atoms. The van der Waals surface area contributed by atoms with Gasteiger partial charge in [-0.3, -0.25) is 0 Å². The Labute approximate surface area is 90.8 Å². The summed E-state index contributed by atoms with van der Waals surface area (Å²) in [5, 5.41) is 0. The highest BCUT2D eigenvalue weighted by atomic mass is 14.1. The van der Waals surface area contributed by atoms with Gasteiger partial charge in [0.15, 0.2) is 0 Å². The van der Waals surface area contributed by atoms with Gasteiger partial charge in [-0.25, -0.2) is 0 Å². The van der Waals surface area contributed by atoms with E-state index >= 15 is 0 Å². The van der Waals surface area contributed by atoms with Crippen molar-refractivity contribution >= 4 is 0 Å². The Morgan fingerprint density at radius 1 is 0.643 bits per heavy atom. The van der Waals surface area contributed by atoms with Crippen LogP contribution < -0.4 is 0 Å². The molecule has 0 rings (SSSR count). The van der Waals surface area contributed by atoms with E-state index < -0.39 is 0 Å². The third kappa shape index (κ3) is 6.23. The standard InChI is InChI=1S/C14H28/c1-11(2)13(5)9-7-8-10-14(6)12(3)4/h7-8,11-14H,9-10H2,1-6H3/b8-7-/t13-,14-/m0/s1. The molecule has 84 valence electrons. The first-order valence-electron chi connectivity index (χ1n) is 6.10. The van der Waals surface area contributed by atoms with Crippen molar-refractivity contribution in [2.75, 3.05) is 0 Å². The minimum absolute atomic E-state index is 0.808. The third-order valence-corrected chi connectivity index (χ3v) is 3.46. The van der Waals surface area contributed by atoms with Crippen LogP contribution in [0.5, 0.6) is 0 Å². The summed E-state index contributed by atoms with van der Waals surface area (Å²) in [5.74, 6) is 3.26. The highest BCUT2D eigenvalue weighted by Crippen LogP contribution is 2.17. The SMILES string of the molecule is CC(C)[C@@H](C)C/C=C\C[C@H](C)C(C)C. The highest BCUT2D eigenvalue weighted by Gasteiger charge is 2.05. The number of hydrogen-bond acceptors (Lipinski definition) is 0. The second-order valence-electron chi connectivity index (χ2n) is 5.39. The molecule has 0 aromatic carbocycles. The van der Waals surface area contributed by atoms with E-state index in [0.29, 0.717) is 0 Å². The van der Waals surface area contributed by atoms with E-state index in [0.717, 1.165) is 23.7 Å². The zero-order chi connectivity index (χ0) is 11.1. The fourth-order valence-corrected chi connectivity index (χ4v) is 1.17. The summed E-state index contributed by atoms with van der Waals surface area (Å²) in [4.78, 5) is 0. The molecule has 0 bridgehead atoms. The van der Waals surface area contributed by atoms with Gasteiger partial charge in [0.1, 0.15) is 0 Å². The average Bonchev–Trinajstić information content (AvgIpc) is 2.11. The van der Waals surface area contributed by atoms with Crippen LogP contribution in [0.25, 0.3) is 0 Å². The molecule has 0 aromatic rings. The Morgan fingerprint density at radius 3 is 1.14 bits per heavy atom. The number of rotatable bonds is 6. The fourth-order valence-electron chi connectivity index (χ4n) is 1.17. The maximum absolute atomic E-state index is 2.36. The second kappa shape index (κ2) is 7.09. The molecule has 0 spiro atoms. The zero-order valence-electron chi connectivity index (χ0n) is 10.9. The summed E-state index contributed by atoms with van der Waals surface area (Å²) < 4.78 is 0. The Balaban J connectivity index is 3.64. The molecule has 0 saturated heterocycles. The monoisotopic (exact) mass is 196 g/mol. The number of hydrogen-bond donors (Lipinski definition) is 0. The van der Waals surface area contributed by atoms with Crippen molar-refractivity contribution in [3.05, 3.63) is 12.2 Å². The first-order chi connectivity index (χ1) is 6.45. The Kier molecular flexibility index (Phi) is 6.96. The van der Waals surface area contributed by atoms with E-state index in [-0.39, 0.29) is 0 Å². The summed E-state index contributed by atoms with van der Waals surface area (Å²) >= 11 is 0. The van der Waals surface area contributed by atoms with Crippen molar-refractivity contribution in [3.8, 4) is 0 Å². The molecule has 0 aliphatic heterocycles. The minimum atomic E-state index is 0.808. The van der Waals surface area contributed by atoms with Gasteiger partial charge in [0.2, 0.25) is 0 Å². The van der Waals surface area contributed by atoms with Gasteiger partial charge in [0.05, 0.1) is 0 Å². The van der Waals surface area contributed by atoms with Crippen molar-refractivity contribution in [3.63, 3.8) is 0 Å². The van der Waals surface area contributed by atoms with E-state index in [4.69, 9.17) is 0 Å². The molecule has 0 radical (unpaired) electrons. The van der Waals surface area contributed by atoms with Gasteiger partial charge in [-0.1, -0.05) is 53.7 Å². The third-order valence-electron chi connectivity index (χ3n) is 3.46. The van der Waals surface area contributed by atoms with Gasteiger partial charge in [-0.15, -0.1) is 0 Å². The molecule has 2 atom stereocenters. The van der Waals surface area contributed by atoms with E-state index in [9.17, 15) is 0 Å². The molecular formula is C14H28. The van der Waals surface area contributed by atoms with Crippen molar-refractivity contribution in [1.29, 1.82) is 0 Å². The van der Waals surface area contributed by atoms with E-state index in [1.54, 1.807) is 0 Å². The van der Waals surface area contributed by atoms with Gasteiger partial charge in [-0.05, 0) is 36.5 Å². The van der Waals surface area contributed by atoms with Crippen LogP contribution >= 0.6 is 0 Å². The molecule has 0 heteroatoms. The maximum Gasteiger partial charge on any atom is -0.0322 e. The number of allylic oxidation sites excluding steroid dienone is 2. The highest BCUT2D eigenvalue weighted by molar-refractivity contribution is 4.85. The maximum atomic E-state index is 2.36. The molecule has 0 heterocycles. The summed E-state index contributed by atoms with van der Waals surface area (Å²) in [6.45, 7) is 13.9. The van der Waals surface area contributed by atoms with Crippen LogP contribution in [0.15, 0.2) is 12.2 Å². The molecule has 0 aromatic heterocycles. The van der Waals surface area contributed by atoms with Crippen LogP contribution in [0.1, 0.15) is 54.4 Å². The van der Waals surface area contributed by atoms with E-state index in [2.05, 4.69) is 53.7 Å². The van der Waals surface area contributed by atoms with E-state index in [1.165, 1.54) is 12.8 Å². The van der Waals surface area contributed by atoms with Crippen molar-refractivity contribution in [2.24, 2.45) is 23.7 Å². The summed E-state index contributed by atoms with van der Waals surface area (Å²) in [6.07, 6.45) is 7.21. The smallest absolute Gasteiger partial charge is 0.0322 e. The quantitative estimate of drug-likeness (QED) is 0.530. The zero-order valence-corrected chi connectivity index (χ0v) is 10.9. The topological polar surface area (TPSA) is 0 Å². The normalized spacial score (nSPS) is 16.9. The van der Waals surface area contributed by atoms with Crippen molar-refractivity contribution in [2.45, 2.75) is 54.4 Å².